The quantitative estimate of drug-likeness (QED) is 0.0145. The van der Waals surface area contributed by atoms with Crippen molar-refractivity contribution in [3.8, 4) is 0 Å². The fourth-order valence-electron chi connectivity index (χ4n) is 10.2. The summed E-state index contributed by atoms with van der Waals surface area (Å²) in [5, 5.41) is 42.8. The van der Waals surface area contributed by atoms with Crippen LogP contribution in [0.3, 0.4) is 0 Å². The largest absolute Gasteiger partial charge is 0.474 e. The van der Waals surface area contributed by atoms with E-state index in [2.05, 4.69) is 36.7 Å². The summed E-state index contributed by atoms with van der Waals surface area (Å²) in [7, 11) is -4.57. The first kappa shape index (κ1) is 86.0. The monoisotopic (exact) mass is 1280 g/mol. The summed E-state index contributed by atoms with van der Waals surface area (Å²) in [5.41, 5.74) is -2.47. The Kier molecular flexibility index (Phi) is 52.6. The van der Waals surface area contributed by atoms with Crippen molar-refractivity contribution in [2.45, 2.75) is 387 Å². The minimum Gasteiger partial charge on any atom is -0.444 e. The summed E-state index contributed by atoms with van der Waals surface area (Å²) in [5.74, 6) is 0. The molecule has 0 aliphatic rings. The van der Waals surface area contributed by atoms with Crippen LogP contribution in [-0.2, 0) is 32.3 Å². The molecule has 0 radical (unpaired) electrons. The van der Waals surface area contributed by atoms with Gasteiger partial charge in [-0.2, -0.15) is 0 Å². The highest BCUT2D eigenvalue weighted by atomic mass is 31.2. The van der Waals surface area contributed by atoms with Gasteiger partial charge in [0, 0.05) is 0 Å². The van der Waals surface area contributed by atoms with Crippen LogP contribution in [0.4, 0.5) is 14.4 Å². The van der Waals surface area contributed by atoms with E-state index in [1.165, 1.54) is 154 Å². The van der Waals surface area contributed by atoms with Gasteiger partial charge in [0.15, 0.2) is 0 Å². The number of unbranched alkanes of at least 4 members (excludes halogenated alkanes) is 33. The second-order valence-corrected chi connectivity index (χ2v) is 29.5. The molecule has 0 fully saturated rings. The van der Waals surface area contributed by atoms with Gasteiger partial charge in [-0.1, -0.05) is 250 Å². The highest BCUT2D eigenvalue weighted by molar-refractivity contribution is 7.48. The average molecular weight is 1280 g/mol. The second kappa shape index (κ2) is 54.4. The minimum atomic E-state index is -4.57. The van der Waals surface area contributed by atoms with E-state index >= 15 is 0 Å². The van der Waals surface area contributed by atoms with Gasteiger partial charge in [0.25, 0.3) is 0 Å². The second-order valence-electron chi connectivity index (χ2n) is 27.8. The molecule has 0 unspecified atom stereocenters. The lowest BCUT2D eigenvalue weighted by atomic mass is 10.0. The maximum absolute atomic E-state index is 14.9. The number of phosphoric ester groups is 1. The molecule has 0 aromatic heterocycles. The third kappa shape index (κ3) is 56.3. The summed E-state index contributed by atoms with van der Waals surface area (Å²) < 4.78 is 49.6. The van der Waals surface area contributed by atoms with Crippen LogP contribution in [0.2, 0.25) is 0 Å². The molecule has 0 saturated heterocycles. The zero-order valence-electron chi connectivity index (χ0n) is 59.0. The van der Waals surface area contributed by atoms with Crippen molar-refractivity contribution in [3.63, 3.8) is 0 Å². The normalized spacial score (nSPS) is 14.7. The van der Waals surface area contributed by atoms with E-state index in [1.807, 2.05) is 18.2 Å². The molecule has 0 aliphatic heterocycles. The smallest absolute Gasteiger partial charge is 0.444 e. The fraction of sp³-hybridized carbons (Fsp3) is 0.875. The summed E-state index contributed by atoms with van der Waals surface area (Å²) in [6.07, 6.45) is 47.5. The Balaban J connectivity index is 6.47. The number of alkyl carbamates (subject to hydrolysis) is 3. The lowest BCUT2D eigenvalue weighted by Crippen LogP contribution is -2.45. The minimum absolute atomic E-state index is 0.0448. The number of allylic oxidation sites excluding steroid dienone is 3. The van der Waals surface area contributed by atoms with Gasteiger partial charge in [0.2, 0.25) is 0 Å². The van der Waals surface area contributed by atoms with Crippen molar-refractivity contribution in [2.75, 3.05) is 19.8 Å². The number of carbonyl (C=O) groups excluding carboxylic acids is 3. The van der Waals surface area contributed by atoms with Crippen molar-refractivity contribution < 1.29 is 62.1 Å². The van der Waals surface area contributed by atoms with Gasteiger partial charge in [-0.05, 0) is 120 Å². The van der Waals surface area contributed by atoms with Gasteiger partial charge >= 0.3 is 26.1 Å². The van der Waals surface area contributed by atoms with Gasteiger partial charge in [-0.25, -0.2) is 18.9 Å². The van der Waals surface area contributed by atoms with Crippen LogP contribution in [-0.4, -0.2) is 107 Å². The van der Waals surface area contributed by atoms with Gasteiger partial charge in [0.1, 0.15) is 16.8 Å². The molecule has 0 aromatic carbocycles. The van der Waals surface area contributed by atoms with Gasteiger partial charge in [-0.3, -0.25) is 13.6 Å². The van der Waals surface area contributed by atoms with Crippen molar-refractivity contribution in [3.05, 3.63) is 36.5 Å². The van der Waals surface area contributed by atoms with E-state index in [-0.39, 0.29) is 39.1 Å². The van der Waals surface area contributed by atoms with Crippen molar-refractivity contribution in [2.24, 2.45) is 0 Å². The number of ether oxygens (including phenoxy) is 3. The predicted molar refractivity (Wildman–Crippen MR) is 367 cm³/mol. The van der Waals surface area contributed by atoms with Crippen LogP contribution >= 0.6 is 7.82 Å². The summed E-state index contributed by atoms with van der Waals surface area (Å²) in [6, 6.07) is -2.80. The third-order valence-electron chi connectivity index (χ3n) is 15.3. The molecule has 0 heterocycles. The van der Waals surface area contributed by atoms with E-state index in [0.717, 1.165) is 77.0 Å². The third-order valence-corrected chi connectivity index (χ3v) is 16.8. The van der Waals surface area contributed by atoms with Gasteiger partial charge in [0.05, 0.1) is 56.3 Å². The number of nitrogens with one attached hydrogen (secondary N) is 3. The Morgan fingerprint density at radius 1 is 0.348 bits per heavy atom. The van der Waals surface area contributed by atoms with Crippen molar-refractivity contribution >= 4 is 26.1 Å². The zero-order valence-corrected chi connectivity index (χ0v) is 59.9. The standard InChI is InChI=1S/C72H138N3O13P/c1-13-16-19-22-25-28-31-34-37-40-43-46-49-52-64(76)61(73-67(79)86-70(4,5)6)55-58-83-89(82,84-59-56-62(74-68(80)87-71(7,8)9)65(77)53-50-47-44-41-38-35-32-29-26-23-20-17-14-2)85-60-57-63(75-69(81)88-72(10,11)12)66(78)54-51-48-45-42-39-36-33-30-27-24-21-18-15-3/h49-54,61-66,76-78H,13-48,55-60H2,1-12H3,(H,73,79)(H,74,80)(H,75,81)/b52-49+,53-50+,54-51+/t61-,62-,63-,64+,65+,66+/m0/s1. The maximum Gasteiger partial charge on any atom is 0.474 e. The topological polar surface area (TPSA) is 220 Å². The van der Waals surface area contributed by atoms with Crippen LogP contribution in [0.25, 0.3) is 0 Å². The van der Waals surface area contributed by atoms with Crippen LogP contribution < -0.4 is 16.0 Å². The molecule has 0 saturated carbocycles. The SMILES string of the molecule is CCCCCCCCCCCCC/C=C/[C@@H](O)[C@H](CCOP(=O)(OCC[C@H](NC(=O)OC(C)(C)C)[C@H](O)/C=C/CCCCCCCCCCCCC)OCC[C@H](NC(=O)OC(C)(C)C)[C@H](O)/C=C/CCCCCCCCCCCCC)NC(=O)OC(C)(C)C. The summed E-state index contributed by atoms with van der Waals surface area (Å²) >= 11 is 0. The lowest BCUT2D eigenvalue weighted by Gasteiger charge is -2.28. The number of hydrogen-bond donors (Lipinski definition) is 6. The highest BCUT2D eigenvalue weighted by Gasteiger charge is 2.33. The Hall–Kier alpha value is -2.98. The van der Waals surface area contributed by atoms with Gasteiger partial charge in [-0.15, -0.1) is 0 Å². The zero-order chi connectivity index (χ0) is 66.5. The first-order valence-electron chi connectivity index (χ1n) is 35.9. The molecule has 89 heavy (non-hydrogen) atoms. The van der Waals surface area contributed by atoms with Crippen LogP contribution in [0.15, 0.2) is 36.5 Å². The molecule has 0 rings (SSSR count). The number of carbonyl (C=O) groups is 3. The fourth-order valence-corrected chi connectivity index (χ4v) is 11.4. The average Bonchev–Trinajstić information content (AvgIpc) is 3.66. The lowest BCUT2D eigenvalue weighted by molar-refractivity contribution is 0.0421. The van der Waals surface area contributed by atoms with Crippen molar-refractivity contribution in [1.82, 2.24) is 16.0 Å². The molecule has 0 spiro atoms. The highest BCUT2D eigenvalue weighted by Crippen LogP contribution is 2.50. The number of amides is 3. The summed E-state index contributed by atoms with van der Waals surface area (Å²) in [4.78, 5) is 39.6. The van der Waals surface area contributed by atoms with E-state index in [1.54, 1.807) is 80.5 Å². The van der Waals surface area contributed by atoms with Gasteiger partial charge < -0.3 is 45.5 Å². The molecule has 3 amide bonds. The molecule has 0 aromatic rings. The van der Waals surface area contributed by atoms with Crippen LogP contribution in [0.1, 0.15) is 333 Å². The molecular weight excluding hydrogens is 1150 g/mol. The molecule has 17 heteroatoms. The molecule has 6 atom stereocenters. The molecular formula is C72H138N3O13P. The first-order chi connectivity index (χ1) is 42.3. The Morgan fingerprint density at radius 2 is 0.539 bits per heavy atom. The van der Waals surface area contributed by atoms with Crippen LogP contribution in [0, 0.1) is 0 Å². The first-order valence-corrected chi connectivity index (χ1v) is 37.4. The van der Waals surface area contributed by atoms with E-state index < -0.39 is 79.3 Å². The number of rotatable bonds is 57. The number of aliphatic hydroxyl groups is 3. The number of phosphoric acid groups is 1. The van der Waals surface area contributed by atoms with Crippen molar-refractivity contribution in [1.29, 1.82) is 0 Å². The molecule has 0 aliphatic carbocycles. The summed E-state index contributed by atoms with van der Waals surface area (Å²) in [6.45, 7) is 21.4. The number of hydrogen-bond acceptors (Lipinski definition) is 13. The van der Waals surface area contributed by atoms with E-state index in [4.69, 9.17) is 27.8 Å². The predicted octanol–water partition coefficient (Wildman–Crippen LogP) is 19.8. The van der Waals surface area contributed by atoms with E-state index in [0.29, 0.717) is 0 Å². The number of aliphatic hydroxyl groups excluding tert-OH is 3. The molecule has 524 valence electrons. The van der Waals surface area contributed by atoms with Crippen LogP contribution in [0.5, 0.6) is 0 Å². The molecule has 0 bridgehead atoms. The molecule has 6 N–H and O–H groups in total. The van der Waals surface area contributed by atoms with E-state index in [9.17, 15) is 34.3 Å². The Morgan fingerprint density at radius 3 is 0.730 bits per heavy atom. The Bertz CT molecular complexity index is 1640. The Labute approximate surface area is 544 Å². The molecule has 16 nitrogen and oxygen atoms in total. The maximum atomic E-state index is 14.9.